The maximum atomic E-state index is 11.1. The van der Waals surface area contributed by atoms with Crippen molar-refractivity contribution in [3.63, 3.8) is 0 Å². The third-order valence-corrected chi connectivity index (χ3v) is 5.31. The molecule has 98 valence electrons. The van der Waals surface area contributed by atoms with E-state index in [9.17, 15) is 14.0 Å². The van der Waals surface area contributed by atoms with E-state index in [0.29, 0.717) is 6.42 Å². The molecule has 0 aliphatic heterocycles. The summed E-state index contributed by atoms with van der Waals surface area (Å²) in [6.07, 6.45) is 3.13. The van der Waals surface area contributed by atoms with Crippen LogP contribution in [0.25, 0.3) is 0 Å². The Labute approximate surface area is 123 Å². The van der Waals surface area contributed by atoms with E-state index in [2.05, 4.69) is 4.52 Å². The van der Waals surface area contributed by atoms with Crippen molar-refractivity contribution in [2.24, 2.45) is 0 Å². The first-order chi connectivity index (χ1) is 7.22. The van der Waals surface area contributed by atoms with Crippen molar-refractivity contribution >= 4 is 15.2 Å². The van der Waals surface area contributed by atoms with Gasteiger partial charge in [0.05, 0.1) is 6.61 Å². The molecule has 2 atom stereocenters. The summed E-state index contributed by atoms with van der Waals surface area (Å²) in [7, 11) is -10.00. The second-order valence-electron chi connectivity index (χ2n) is 3.37. The molecule has 0 spiro atoms. The molecule has 0 aliphatic carbocycles. The zero-order valence-corrected chi connectivity index (χ0v) is 13.8. The van der Waals surface area contributed by atoms with E-state index < -0.39 is 20.8 Å². The molecule has 3 N–H and O–H groups in total. The van der Waals surface area contributed by atoms with Crippen LogP contribution < -0.4 is 34.5 Å². The minimum atomic E-state index is -5.08. The molecule has 0 saturated heterocycles. The molecule has 0 aromatic heterocycles. The fourth-order valence-corrected chi connectivity index (χ4v) is 3.16. The average Bonchev–Trinajstić information content (AvgIpc) is 2.15. The number of aliphatic hydroxyl groups is 1. The van der Waals surface area contributed by atoms with Gasteiger partial charge in [0, 0.05) is 0 Å². The van der Waals surface area contributed by atoms with Gasteiger partial charge in [-0.1, -0.05) is 26.2 Å². The predicted octanol–water partition coefficient (Wildman–Crippen LogP) is -2.41. The molecular formula is C7H17NaO7P2. The summed E-state index contributed by atoms with van der Waals surface area (Å²) in [4.78, 5) is 28.0. The van der Waals surface area contributed by atoms with Gasteiger partial charge in [0.2, 0.25) is 5.59 Å². The fraction of sp³-hybridized carbons (Fsp3) is 1.00. The molecular weight excluding hydrogens is 281 g/mol. The summed E-state index contributed by atoms with van der Waals surface area (Å²) < 4.78 is 25.9. The third-order valence-electron chi connectivity index (χ3n) is 1.85. The van der Waals surface area contributed by atoms with E-state index in [0.717, 1.165) is 19.3 Å². The summed E-state index contributed by atoms with van der Waals surface area (Å²) in [6, 6.07) is 0. The van der Waals surface area contributed by atoms with Crippen molar-refractivity contribution in [2.45, 2.75) is 38.2 Å². The van der Waals surface area contributed by atoms with Crippen LogP contribution in [0.4, 0.5) is 0 Å². The predicted molar refractivity (Wildman–Crippen MR) is 55.8 cm³/mol. The first-order valence-corrected chi connectivity index (χ1v) is 8.19. The Morgan fingerprint density at radius 1 is 1.24 bits per heavy atom. The monoisotopic (exact) mass is 298 g/mol. The molecule has 0 radical (unpaired) electrons. The normalized spacial score (nSPS) is 17.0. The molecule has 0 saturated carbocycles. The van der Waals surface area contributed by atoms with Gasteiger partial charge in [-0.2, -0.15) is 0 Å². The third kappa shape index (κ3) is 8.89. The van der Waals surface area contributed by atoms with Crippen LogP contribution in [0.2, 0.25) is 0 Å². The number of hydrogen-bond donors (Lipinski definition) is 3. The van der Waals surface area contributed by atoms with Crippen molar-refractivity contribution in [1.82, 2.24) is 0 Å². The van der Waals surface area contributed by atoms with Crippen molar-refractivity contribution in [1.29, 1.82) is 0 Å². The van der Waals surface area contributed by atoms with Crippen molar-refractivity contribution < 1.29 is 63.0 Å². The van der Waals surface area contributed by atoms with Crippen molar-refractivity contribution in [3.05, 3.63) is 0 Å². The number of hydrogen-bond acceptors (Lipinski definition) is 5. The Morgan fingerprint density at radius 2 is 1.76 bits per heavy atom. The second kappa shape index (κ2) is 9.21. The summed E-state index contributed by atoms with van der Waals surface area (Å²) in [5.41, 5.74) is -2.77. The van der Waals surface area contributed by atoms with Crippen LogP contribution in [0.3, 0.4) is 0 Å². The molecule has 0 aromatic carbocycles. The molecule has 0 aromatic rings. The van der Waals surface area contributed by atoms with Gasteiger partial charge in [-0.15, -0.1) is 0 Å². The fourth-order valence-electron chi connectivity index (χ4n) is 0.972. The zero-order chi connectivity index (χ0) is 12.8. The van der Waals surface area contributed by atoms with Gasteiger partial charge in [-0.05, 0) is 6.42 Å². The van der Waals surface area contributed by atoms with E-state index in [1.54, 1.807) is 0 Å². The van der Waals surface area contributed by atoms with Gasteiger partial charge in [-0.25, -0.2) is 0 Å². The van der Waals surface area contributed by atoms with Crippen molar-refractivity contribution in [3.8, 4) is 0 Å². The SMILES string of the molecule is CCCCCCOP(=O)([O-])C(O)P(=O)(O)O.[Na+]. The van der Waals surface area contributed by atoms with Gasteiger partial charge in [0.25, 0.3) is 0 Å². The van der Waals surface area contributed by atoms with Crippen LogP contribution in [0.1, 0.15) is 32.6 Å². The summed E-state index contributed by atoms with van der Waals surface area (Å²) >= 11 is 0. The Bertz CT molecular complexity index is 292. The Kier molecular flexibility index (Phi) is 11.1. The molecule has 2 unspecified atom stereocenters. The number of aliphatic hydroxyl groups excluding tert-OH is 1. The molecule has 0 heterocycles. The quantitative estimate of drug-likeness (QED) is 0.259. The minimum Gasteiger partial charge on any atom is -0.776 e. The first-order valence-electron chi connectivity index (χ1n) is 4.90. The van der Waals surface area contributed by atoms with Crippen LogP contribution in [-0.4, -0.2) is 27.1 Å². The molecule has 0 aliphatic rings. The van der Waals surface area contributed by atoms with Crippen LogP contribution in [0.5, 0.6) is 0 Å². The van der Waals surface area contributed by atoms with Gasteiger partial charge in [0.15, 0.2) is 7.60 Å². The average molecular weight is 298 g/mol. The molecule has 0 fully saturated rings. The van der Waals surface area contributed by atoms with E-state index in [-0.39, 0.29) is 36.2 Å². The number of rotatable bonds is 8. The Hall–Kier alpha value is 1.26. The molecule has 0 rings (SSSR count). The summed E-state index contributed by atoms with van der Waals surface area (Å²) in [5.74, 6) is 0. The zero-order valence-electron chi connectivity index (χ0n) is 9.98. The summed E-state index contributed by atoms with van der Waals surface area (Å²) in [6.45, 7) is 1.81. The summed E-state index contributed by atoms with van der Waals surface area (Å²) in [5, 5.41) is 8.85. The smallest absolute Gasteiger partial charge is 0.776 e. The Balaban J connectivity index is 0. The standard InChI is InChI=1S/C7H18O7P2.Na/c1-2-3-4-5-6-14-16(12,13)7(8)15(9,10)11;/h7-8H,2-6H2,1H3,(H,12,13)(H2,9,10,11);/q;+1/p-1. The number of unbranched alkanes of at least 4 members (excludes halogenated alkanes) is 3. The van der Waals surface area contributed by atoms with Crippen LogP contribution in [0, 0.1) is 0 Å². The van der Waals surface area contributed by atoms with Crippen LogP contribution in [-0.2, 0) is 13.7 Å². The Morgan fingerprint density at radius 3 is 2.18 bits per heavy atom. The molecule has 0 bridgehead atoms. The molecule has 10 heteroatoms. The van der Waals surface area contributed by atoms with Crippen LogP contribution >= 0.6 is 15.2 Å². The molecule has 7 nitrogen and oxygen atoms in total. The largest absolute Gasteiger partial charge is 1.00 e. The van der Waals surface area contributed by atoms with E-state index in [1.165, 1.54) is 0 Å². The maximum Gasteiger partial charge on any atom is 1.00 e. The molecule has 0 amide bonds. The maximum absolute atomic E-state index is 11.1. The van der Waals surface area contributed by atoms with E-state index >= 15 is 0 Å². The first kappa shape index (κ1) is 20.6. The topological polar surface area (TPSA) is 127 Å². The van der Waals surface area contributed by atoms with Gasteiger partial charge < -0.3 is 28.9 Å². The molecule has 17 heavy (non-hydrogen) atoms. The van der Waals surface area contributed by atoms with E-state index in [4.69, 9.17) is 14.9 Å². The van der Waals surface area contributed by atoms with Gasteiger partial charge in [-0.3, -0.25) is 4.57 Å². The van der Waals surface area contributed by atoms with Crippen LogP contribution in [0.15, 0.2) is 0 Å². The second-order valence-corrected chi connectivity index (χ2v) is 7.27. The van der Waals surface area contributed by atoms with E-state index in [1.807, 2.05) is 6.92 Å². The van der Waals surface area contributed by atoms with Gasteiger partial charge in [0.1, 0.15) is 0 Å². The minimum absolute atomic E-state index is 0. The van der Waals surface area contributed by atoms with Crippen molar-refractivity contribution in [2.75, 3.05) is 6.61 Å². The van der Waals surface area contributed by atoms with Gasteiger partial charge >= 0.3 is 37.2 Å².